The zero-order valence-electron chi connectivity index (χ0n) is 11.6. The number of benzene rings is 2. The van der Waals surface area contributed by atoms with Gasteiger partial charge in [0.15, 0.2) is 0 Å². The van der Waals surface area contributed by atoms with Crippen molar-refractivity contribution < 1.29 is 4.79 Å². The molecule has 0 aliphatic carbocycles. The van der Waals surface area contributed by atoms with Crippen molar-refractivity contribution in [3.63, 3.8) is 0 Å². The molecule has 3 nitrogen and oxygen atoms in total. The minimum Gasteiger partial charge on any atom is -0.380 e. The number of hydrogen-bond donors (Lipinski definition) is 2. The molecule has 2 rings (SSSR count). The molecule has 2 aromatic rings. The molecule has 0 heterocycles. The summed E-state index contributed by atoms with van der Waals surface area (Å²) in [5.74, 6) is -0.0174. The fourth-order valence-electron chi connectivity index (χ4n) is 1.79. The highest BCUT2D eigenvalue weighted by atomic mass is 79.9. The van der Waals surface area contributed by atoms with Crippen LogP contribution in [-0.2, 0) is 11.3 Å². The first kappa shape index (κ1) is 15.9. The van der Waals surface area contributed by atoms with E-state index in [0.717, 1.165) is 21.4 Å². The van der Waals surface area contributed by atoms with Gasteiger partial charge in [0, 0.05) is 23.1 Å². The van der Waals surface area contributed by atoms with Gasteiger partial charge in [0.25, 0.3) is 0 Å². The first-order chi connectivity index (χ1) is 10.1. The zero-order valence-corrected chi connectivity index (χ0v) is 14.0. The Kier molecular flexibility index (Phi) is 5.65. The van der Waals surface area contributed by atoms with Crippen LogP contribution in [0.25, 0.3) is 0 Å². The predicted octanol–water partition coefficient (Wildman–Crippen LogP) is 5.06. The van der Waals surface area contributed by atoms with Crippen LogP contribution in [0.15, 0.2) is 46.9 Å². The van der Waals surface area contributed by atoms with E-state index >= 15 is 0 Å². The third-order valence-corrected chi connectivity index (χ3v) is 3.83. The molecule has 0 aromatic heterocycles. The number of halogens is 2. The maximum Gasteiger partial charge on any atom is 0.224 e. The Bertz CT molecular complexity index is 629. The molecular weight excluding hydrogens is 352 g/mol. The lowest BCUT2D eigenvalue weighted by molar-refractivity contribution is -0.115. The van der Waals surface area contributed by atoms with Crippen molar-refractivity contribution in [2.24, 2.45) is 0 Å². The monoisotopic (exact) mass is 366 g/mol. The molecule has 2 aromatic carbocycles. The number of anilines is 2. The van der Waals surface area contributed by atoms with Crippen LogP contribution in [-0.4, -0.2) is 5.91 Å². The van der Waals surface area contributed by atoms with Gasteiger partial charge in [-0.2, -0.15) is 0 Å². The molecule has 0 fully saturated rings. The number of rotatable bonds is 5. The Hall–Kier alpha value is -1.52. The molecule has 21 heavy (non-hydrogen) atoms. The van der Waals surface area contributed by atoms with Crippen LogP contribution >= 0.6 is 27.5 Å². The number of carbonyl (C=O) groups excluding carboxylic acids is 1. The summed E-state index contributed by atoms with van der Waals surface area (Å²) in [6, 6.07) is 13.5. The molecule has 0 bridgehead atoms. The Morgan fingerprint density at radius 2 is 1.90 bits per heavy atom. The molecule has 1 amide bonds. The minimum atomic E-state index is -0.0174. The van der Waals surface area contributed by atoms with Crippen molar-refractivity contribution in [2.75, 3.05) is 10.6 Å². The summed E-state index contributed by atoms with van der Waals surface area (Å²) in [6.07, 6.45) is 0.449. The van der Waals surface area contributed by atoms with E-state index in [1.54, 1.807) is 12.1 Å². The van der Waals surface area contributed by atoms with Gasteiger partial charge in [-0.3, -0.25) is 4.79 Å². The Labute approximate surface area is 137 Å². The number of nitrogens with one attached hydrogen (secondary N) is 2. The van der Waals surface area contributed by atoms with Gasteiger partial charge in [-0.05, 0) is 35.9 Å². The predicted molar refractivity (Wildman–Crippen MR) is 91.8 cm³/mol. The van der Waals surface area contributed by atoms with Gasteiger partial charge >= 0.3 is 0 Å². The number of hydrogen-bond acceptors (Lipinski definition) is 2. The zero-order chi connectivity index (χ0) is 15.2. The normalized spacial score (nSPS) is 10.2. The fourth-order valence-corrected chi connectivity index (χ4v) is 2.24. The van der Waals surface area contributed by atoms with E-state index in [1.807, 2.05) is 37.3 Å². The average molecular weight is 368 g/mol. The lowest BCUT2D eigenvalue weighted by atomic mass is 10.2. The third-order valence-electron chi connectivity index (χ3n) is 2.97. The van der Waals surface area contributed by atoms with E-state index < -0.39 is 0 Å². The summed E-state index contributed by atoms with van der Waals surface area (Å²) in [7, 11) is 0. The highest BCUT2D eigenvalue weighted by molar-refractivity contribution is 9.10. The summed E-state index contributed by atoms with van der Waals surface area (Å²) in [5.41, 5.74) is 2.69. The van der Waals surface area contributed by atoms with Gasteiger partial charge in [-0.1, -0.05) is 46.6 Å². The van der Waals surface area contributed by atoms with Gasteiger partial charge in [-0.15, -0.1) is 0 Å². The Balaban J connectivity index is 2.06. The average Bonchev–Trinajstić information content (AvgIpc) is 2.49. The van der Waals surface area contributed by atoms with Crippen molar-refractivity contribution in [2.45, 2.75) is 19.9 Å². The highest BCUT2D eigenvalue weighted by Gasteiger charge is 2.04. The van der Waals surface area contributed by atoms with Gasteiger partial charge in [0.05, 0.1) is 10.7 Å². The molecule has 5 heteroatoms. The van der Waals surface area contributed by atoms with Crippen molar-refractivity contribution >= 4 is 44.8 Å². The van der Waals surface area contributed by atoms with Crippen LogP contribution in [0.2, 0.25) is 5.02 Å². The molecule has 2 N–H and O–H groups in total. The standard InChI is InChI=1S/C16H16BrClN2O/c1-2-16(21)20-13-7-8-14(18)15(9-13)19-10-11-3-5-12(17)6-4-11/h3-9,19H,2,10H2,1H3,(H,20,21). The molecule has 0 aliphatic rings. The van der Waals surface area contributed by atoms with E-state index in [2.05, 4.69) is 26.6 Å². The van der Waals surface area contributed by atoms with Crippen LogP contribution in [0.4, 0.5) is 11.4 Å². The largest absolute Gasteiger partial charge is 0.380 e. The highest BCUT2D eigenvalue weighted by Crippen LogP contribution is 2.26. The first-order valence-corrected chi connectivity index (χ1v) is 7.83. The second-order valence-electron chi connectivity index (χ2n) is 4.58. The van der Waals surface area contributed by atoms with E-state index in [9.17, 15) is 4.79 Å². The van der Waals surface area contributed by atoms with Crippen molar-refractivity contribution in [1.29, 1.82) is 0 Å². The molecule has 0 spiro atoms. The Morgan fingerprint density at radius 1 is 1.19 bits per heavy atom. The summed E-state index contributed by atoms with van der Waals surface area (Å²) in [4.78, 5) is 11.4. The summed E-state index contributed by atoms with van der Waals surface area (Å²) in [6.45, 7) is 2.48. The van der Waals surface area contributed by atoms with Crippen molar-refractivity contribution in [3.8, 4) is 0 Å². The SMILES string of the molecule is CCC(=O)Nc1ccc(Cl)c(NCc2ccc(Br)cc2)c1. The number of carbonyl (C=O) groups is 1. The summed E-state index contributed by atoms with van der Waals surface area (Å²) in [5, 5.41) is 6.73. The van der Waals surface area contributed by atoms with E-state index in [-0.39, 0.29) is 5.91 Å². The summed E-state index contributed by atoms with van der Waals surface area (Å²) < 4.78 is 1.05. The quantitative estimate of drug-likeness (QED) is 0.775. The lowest BCUT2D eigenvalue weighted by Gasteiger charge is -2.11. The smallest absolute Gasteiger partial charge is 0.224 e. The van der Waals surface area contributed by atoms with Crippen LogP contribution < -0.4 is 10.6 Å². The van der Waals surface area contributed by atoms with Crippen LogP contribution in [0, 0.1) is 0 Å². The summed E-state index contributed by atoms with van der Waals surface area (Å²) >= 11 is 9.59. The second kappa shape index (κ2) is 7.48. The van der Waals surface area contributed by atoms with Crippen LogP contribution in [0.1, 0.15) is 18.9 Å². The van der Waals surface area contributed by atoms with Crippen molar-refractivity contribution in [1.82, 2.24) is 0 Å². The minimum absolute atomic E-state index is 0.0174. The van der Waals surface area contributed by atoms with Crippen LogP contribution in [0.5, 0.6) is 0 Å². The van der Waals surface area contributed by atoms with Gasteiger partial charge in [-0.25, -0.2) is 0 Å². The third kappa shape index (κ3) is 4.76. The first-order valence-electron chi connectivity index (χ1n) is 6.66. The molecule has 110 valence electrons. The van der Waals surface area contributed by atoms with Gasteiger partial charge in [0.1, 0.15) is 0 Å². The lowest BCUT2D eigenvalue weighted by Crippen LogP contribution is -2.09. The molecule has 0 radical (unpaired) electrons. The van der Waals surface area contributed by atoms with Crippen molar-refractivity contribution in [3.05, 3.63) is 57.5 Å². The van der Waals surface area contributed by atoms with Crippen LogP contribution in [0.3, 0.4) is 0 Å². The van der Waals surface area contributed by atoms with Gasteiger partial charge in [0.2, 0.25) is 5.91 Å². The second-order valence-corrected chi connectivity index (χ2v) is 5.90. The molecule has 0 saturated carbocycles. The Morgan fingerprint density at radius 3 is 2.57 bits per heavy atom. The topological polar surface area (TPSA) is 41.1 Å². The van der Waals surface area contributed by atoms with E-state index in [1.165, 1.54) is 0 Å². The van der Waals surface area contributed by atoms with E-state index in [4.69, 9.17) is 11.6 Å². The molecule has 0 atom stereocenters. The molecular formula is C16H16BrClN2O. The van der Waals surface area contributed by atoms with Gasteiger partial charge < -0.3 is 10.6 Å². The molecule has 0 aliphatic heterocycles. The fraction of sp³-hybridized carbons (Fsp3) is 0.188. The number of amides is 1. The maximum absolute atomic E-state index is 11.4. The molecule has 0 saturated heterocycles. The van der Waals surface area contributed by atoms with E-state index in [0.29, 0.717) is 18.0 Å². The maximum atomic E-state index is 11.4. The molecule has 0 unspecified atom stereocenters.